The topological polar surface area (TPSA) is 39.7 Å². The fourth-order valence-corrected chi connectivity index (χ4v) is 2.46. The lowest BCUT2D eigenvalue weighted by molar-refractivity contribution is 0.236. The van der Waals surface area contributed by atoms with E-state index < -0.39 is 0 Å². The molecule has 0 saturated carbocycles. The van der Waals surface area contributed by atoms with Crippen molar-refractivity contribution in [2.75, 3.05) is 33.2 Å². The number of nitrogens with zero attached hydrogens (tertiary/aromatic N) is 2. The Kier molecular flexibility index (Phi) is 7.81. The van der Waals surface area contributed by atoms with Gasteiger partial charge in [-0.2, -0.15) is 0 Å². The van der Waals surface area contributed by atoms with E-state index in [4.69, 9.17) is 0 Å². The van der Waals surface area contributed by atoms with E-state index in [2.05, 4.69) is 34.4 Å². The summed E-state index contributed by atoms with van der Waals surface area (Å²) in [6.45, 7) is 9.03. The normalized spacial score (nSPS) is 18.9. The standard InChI is InChI=1S/C14H30N4/c1-4-6-9-16-14(15-3)17-12-13(5-2)18-10-7-8-11-18/h13H,4-12H2,1-3H3,(H2,15,16,17). The van der Waals surface area contributed by atoms with Gasteiger partial charge < -0.3 is 10.6 Å². The zero-order valence-electron chi connectivity index (χ0n) is 12.3. The summed E-state index contributed by atoms with van der Waals surface area (Å²) in [6.07, 6.45) is 6.35. The predicted molar refractivity (Wildman–Crippen MR) is 79.2 cm³/mol. The van der Waals surface area contributed by atoms with Crippen LogP contribution in [0.2, 0.25) is 0 Å². The van der Waals surface area contributed by atoms with Crippen molar-refractivity contribution < 1.29 is 0 Å². The van der Waals surface area contributed by atoms with Gasteiger partial charge in [-0.3, -0.25) is 9.89 Å². The number of nitrogens with one attached hydrogen (secondary N) is 2. The molecule has 1 aliphatic rings. The van der Waals surface area contributed by atoms with Crippen LogP contribution in [-0.2, 0) is 0 Å². The third-order valence-electron chi connectivity index (χ3n) is 3.68. The third-order valence-corrected chi connectivity index (χ3v) is 3.68. The van der Waals surface area contributed by atoms with Gasteiger partial charge in [-0.1, -0.05) is 20.3 Å². The van der Waals surface area contributed by atoms with Crippen LogP contribution in [0.1, 0.15) is 46.0 Å². The molecule has 0 radical (unpaired) electrons. The maximum Gasteiger partial charge on any atom is 0.191 e. The number of aliphatic imine (C=N–C) groups is 1. The van der Waals surface area contributed by atoms with Crippen LogP contribution < -0.4 is 10.6 Å². The largest absolute Gasteiger partial charge is 0.356 e. The average Bonchev–Trinajstić information content (AvgIpc) is 2.91. The number of hydrogen-bond donors (Lipinski definition) is 2. The monoisotopic (exact) mass is 254 g/mol. The van der Waals surface area contributed by atoms with Gasteiger partial charge in [-0.15, -0.1) is 0 Å². The highest BCUT2D eigenvalue weighted by Crippen LogP contribution is 2.13. The summed E-state index contributed by atoms with van der Waals surface area (Å²) in [4.78, 5) is 6.87. The first-order valence-electron chi connectivity index (χ1n) is 7.50. The molecule has 1 fully saturated rings. The van der Waals surface area contributed by atoms with Gasteiger partial charge in [-0.05, 0) is 38.8 Å². The molecule has 0 bridgehead atoms. The average molecular weight is 254 g/mol. The maximum atomic E-state index is 4.27. The number of likely N-dealkylation sites (tertiary alicyclic amines) is 1. The fourth-order valence-electron chi connectivity index (χ4n) is 2.46. The quantitative estimate of drug-likeness (QED) is 0.414. The van der Waals surface area contributed by atoms with Gasteiger partial charge in [0, 0.05) is 26.2 Å². The van der Waals surface area contributed by atoms with Gasteiger partial charge in [0.05, 0.1) is 0 Å². The van der Waals surface area contributed by atoms with E-state index in [1.54, 1.807) is 0 Å². The van der Waals surface area contributed by atoms with E-state index >= 15 is 0 Å². The van der Waals surface area contributed by atoms with Gasteiger partial charge in [-0.25, -0.2) is 0 Å². The minimum Gasteiger partial charge on any atom is -0.356 e. The molecule has 0 aromatic heterocycles. The van der Waals surface area contributed by atoms with Crippen LogP contribution in [0.15, 0.2) is 4.99 Å². The van der Waals surface area contributed by atoms with Crippen LogP contribution in [0.4, 0.5) is 0 Å². The smallest absolute Gasteiger partial charge is 0.191 e. The van der Waals surface area contributed by atoms with E-state index in [1.165, 1.54) is 45.2 Å². The molecule has 4 heteroatoms. The number of unbranched alkanes of at least 4 members (excludes halogenated alkanes) is 1. The fraction of sp³-hybridized carbons (Fsp3) is 0.929. The van der Waals surface area contributed by atoms with Crippen molar-refractivity contribution in [3.63, 3.8) is 0 Å². The Bertz CT molecular complexity index is 234. The van der Waals surface area contributed by atoms with Gasteiger partial charge in [0.1, 0.15) is 0 Å². The van der Waals surface area contributed by atoms with Crippen molar-refractivity contribution in [2.45, 2.75) is 52.0 Å². The summed E-state index contributed by atoms with van der Waals surface area (Å²) in [5.41, 5.74) is 0. The SMILES string of the molecule is CCCCNC(=NC)NCC(CC)N1CCCC1. The second-order valence-corrected chi connectivity index (χ2v) is 5.04. The Balaban J connectivity index is 2.26. The van der Waals surface area contributed by atoms with Crippen molar-refractivity contribution in [1.82, 2.24) is 15.5 Å². The van der Waals surface area contributed by atoms with E-state index in [0.717, 1.165) is 19.0 Å². The van der Waals surface area contributed by atoms with Crippen LogP contribution in [0.25, 0.3) is 0 Å². The minimum absolute atomic E-state index is 0.650. The highest BCUT2D eigenvalue weighted by molar-refractivity contribution is 5.79. The van der Waals surface area contributed by atoms with Crippen LogP contribution in [0, 0.1) is 0 Å². The molecule has 0 aromatic carbocycles. The van der Waals surface area contributed by atoms with Crippen molar-refractivity contribution in [3.05, 3.63) is 0 Å². The lowest BCUT2D eigenvalue weighted by Gasteiger charge is -2.27. The summed E-state index contributed by atoms with van der Waals surface area (Å²) < 4.78 is 0. The molecule has 106 valence electrons. The Hall–Kier alpha value is -0.770. The van der Waals surface area contributed by atoms with Crippen LogP contribution in [-0.4, -0.2) is 50.1 Å². The Labute approximate surface area is 112 Å². The Morgan fingerprint density at radius 2 is 1.94 bits per heavy atom. The first-order chi connectivity index (χ1) is 8.81. The molecule has 1 rings (SSSR count). The molecular weight excluding hydrogens is 224 g/mol. The van der Waals surface area contributed by atoms with Crippen LogP contribution in [0.3, 0.4) is 0 Å². The van der Waals surface area contributed by atoms with E-state index in [0.29, 0.717) is 6.04 Å². The van der Waals surface area contributed by atoms with Crippen molar-refractivity contribution in [2.24, 2.45) is 4.99 Å². The highest BCUT2D eigenvalue weighted by Gasteiger charge is 2.20. The highest BCUT2D eigenvalue weighted by atomic mass is 15.2. The maximum absolute atomic E-state index is 4.27. The molecule has 0 amide bonds. The molecule has 1 aliphatic heterocycles. The minimum atomic E-state index is 0.650. The predicted octanol–water partition coefficient (Wildman–Crippen LogP) is 1.83. The van der Waals surface area contributed by atoms with Crippen molar-refractivity contribution in [1.29, 1.82) is 0 Å². The first-order valence-corrected chi connectivity index (χ1v) is 7.50. The van der Waals surface area contributed by atoms with Crippen molar-refractivity contribution in [3.8, 4) is 0 Å². The first kappa shape index (κ1) is 15.3. The zero-order chi connectivity index (χ0) is 13.2. The van der Waals surface area contributed by atoms with Gasteiger partial charge in [0.2, 0.25) is 0 Å². The molecule has 0 aromatic rings. The lowest BCUT2D eigenvalue weighted by atomic mass is 10.2. The van der Waals surface area contributed by atoms with Gasteiger partial charge >= 0.3 is 0 Å². The van der Waals surface area contributed by atoms with E-state index in [-0.39, 0.29) is 0 Å². The van der Waals surface area contributed by atoms with Gasteiger partial charge in [0.25, 0.3) is 0 Å². The molecular formula is C14H30N4. The summed E-state index contributed by atoms with van der Waals surface area (Å²) in [5, 5.41) is 6.81. The molecule has 1 unspecified atom stereocenters. The summed E-state index contributed by atoms with van der Waals surface area (Å²) in [5.74, 6) is 0.945. The van der Waals surface area contributed by atoms with E-state index in [1.807, 2.05) is 7.05 Å². The molecule has 18 heavy (non-hydrogen) atoms. The number of hydrogen-bond acceptors (Lipinski definition) is 2. The molecule has 1 atom stereocenters. The second kappa shape index (κ2) is 9.20. The molecule has 4 nitrogen and oxygen atoms in total. The Morgan fingerprint density at radius 1 is 1.22 bits per heavy atom. The third kappa shape index (κ3) is 5.25. The molecule has 1 heterocycles. The molecule has 2 N–H and O–H groups in total. The molecule has 1 saturated heterocycles. The zero-order valence-corrected chi connectivity index (χ0v) is 12.3. The van der Waals surface area contributed by atoms with Gasteiger partial charge in [0.15, 0.2) is 5.96 Å². The van der Waals surface area contributed by atoms with E-state index in [9.17, 15) is 0 Å². The summed E-state index contributed by atoms with van der Waals surface area (Å²) >= 11 is 0. The number of guanidine groups is 1. The Morgan fingerprint density at radius 3 is 2.50 bits per heavy atom. The lowest BCUT2D eigenvalue weighted by Crippen LogP contribution is -2.46. The number of rotatable bonds is 7. The molecule has 0 spiro atoms. The summed E-state index contributed by atoms with van der Waals surface area (Å²) in [7, 11) is 1.85. The van der Waals surface area contributed by atoms with Crippen LogP contribution >= 0.6 is 0 Å². The molecule has 0 aliphatic carbocycles. The second-order valence-electron chi connectivity index (χ2n) is 5.04. The van der Waals surface area contributed by atoms with Crippen molar-refractivity contribution >= 4 is 5.96 Å². The van der Waals surface area contributed by atoms with Crippen LogP contribution in [0.5, 0.6) is 0 Å². The summed E-state index contributed by atoms with van der Waals surface area (Å²) in [6, 6.07) is 0.650.